The van der Waals surface area contributed by atoms with Crippen molar-refractivity contribution in [3.05, 3.63) is 29.7 Å². The van der Waals surface area contributed by atoms with Gasteiger partial charge in [-0.1, -0.05) is 5.16 Å². The quantitative estimate of drug-likeness (QED) is 0.699. The highest BCUT2D eigenvalue weighted by molar-refractivity contribution is 5.79. The molecule has 0 saturated carbocycles. The molecule has 0 spiro atoms. The molecule has 1 N–H and O–H groups in total. The van der Waals surface area contributed by atoms with Crippen molar-refractivity contribution in [2.45, 2.75) is 6.61 Å². The summed E-state index contributed by atoms with van der Waals surface area (Å²) in [7, 11) is 0. The Hall–Kier alpha value is -1.42. The maximum atomic E-state index is 12.7. The molecule has 62 valence electrons. The molecule has 0 aliphatic carbocycles. The van der Waals surface area contributed by atoms with Gasteiger partial charge in [0.1, 0.15) is 11.5 Å². The van der Waals surface area contributed by atoms with E-state index in [0.29, 0.717) is 16.7 Å². The van der Waals surface area contributed by atoms with Crippen molar-refractivity contribution in [1.82, 2.24) is 5.16 Å². The van der Waals surface area contributed by atoms with Crippen LogP contribution in [0.3, 0.4) is 0 Å². The predicted molar refractivity (Wildman–Crippen MR) is 39.9 cm³/mol. The Morgan fingerprint density at radius 1 is 1.50 bits per heavy atom. The van der Waals surface area contributed by atoms with E-state index in [2.05, 4.69) is 5.16 Å². The maximum Gasteiger partial charge on any atom is 0.167 e. The van der Waals surface area contributed by atoms with Gasteiger partial charge in [-0.2, -0.15) is 0 Å². The molecule has 0 bridgehead atoms. The third kappa shape index (κ3) is 0.967. The predicted octanol–water partition coefficient (Wildman–Crippen LogP) is 1.46. The smallest absolute Gasteiger partial charge is 0.167 e. The molecule has 0 aliphatic rings. The van der Waals surface area contributed by atoms with Crippen LogP contribution in [-0.4, -0.2) is 10.3 Å². The van der Waals surface area contributed by atoms with Gasteiger partial charge in [0.05, 0.1) is 12.0 Å². The van der Waals surface area contributed by atoms with Crippen LogP contribution in [0.25, 0.3) is 11.0 Å². The van der Waals surface area contributed by atoms with Crippen molar-refractivity contribution in [3.63, 3.8) is 0 Å². The molecule has 0 fully saturated rings. The summed E-state index contributed by atoms with van der Waals surface area (Å²) in [6.45, 7) is -0.240. The Kier molecular flexibility index (Phi) is 1.55. The number of fused-ring (bicyclic) bond motifs is 1. The van der Waals surface area contributed by atoms with E-state index >= 15 is 0 Å². The molecule has 0 radical (unpaired) electrons. The highest BCUT2D eigenvalue weighted by atomic mass is 19.1. The fourth-order valence-electron chi connectivity index (χ4n) is 1.07. The van der Waals surface area contributed by atoms with Gasteiger partial charge in [0.2, 0.25) is 0 Å². The van der Waals surface area contributed by atoms with Crippen molar-refractivity contribution >= 4 is 11.0 Å². The second kappa shape index (κ2) is 2.57. The lowest BCUT2D eigenvalue weighted by Gasteiger charge is -1.88. The van der Waals surface area contributed by atoms with Crippen molar-refractivity contribution < 1.29 is 14.0 Å². The van der Waals surface area contributed by atoms with Gasteiger partial charge in [0.25, 0.3) is 0 Å². The summed E-state index contributed by atoms with van der Waals surface area (Å²) in [5.74, 6) is -0.361. The first kappa shape index (κ1) is 7.24. The van der Waals surface area contributed by atoms with Crippen LogP contribution < -0.4 is 0 Å². The molecule has 3 nitrogen and oxygen atoms in total. The second-order valence-corrected chi connectivity index (χ2v) is 2.43. The van der Waals surface area contributed by atoms with Crippen molar-refractivity contribution in [2.75, 3.05) is 0 Å². The maximum absolute atomic E-state index is 12.7. The molecular weight excluding hydrogens is 161 g/mol. The number of aliphatic hydroxyl groups excluding tert-OH is 1. The molecule has 0 saturated heterocycles. The Balaban J connectivity index is 2.75. The van der Waals surface area contributed by atoms with Crippen molar-refractivity contribution in [2.24, 2.45) is 0 Å². The molecule has 0 unspecified atom stereocenters. The lowest BCUT2D eigenvalue weighted by Crippen LogP contribution is -1.82. The van der Waals surface area contributed by atoms with Crippen LogP contribution in [0.1, 0.15) is 5.69 Å². The van der Waals surface area contributed by atoms with Crippen molar-refractivity contribution in [1.29, 1.82) is 0 Å². The van der Waals surface area contributed by atoms with E-state index in [1.54, 1.807) is 0 Å². The monoisotopic (exact) mass is 167 g/mol. The van der Waals surface area contributed by atoms with E-state index in [4.69, 9.17) is 9.63 Å². The van der Waals surface area contributed by atoms with Gasteiger partial charge in [0.15, 0.2) is 5.58 Å². The summed E-state index contributed by atoms with van der Waals surface area (Å²) in [5, 5.41) is 12.9. The van der Waals surface area contributed by atoms with Crippen LogP contribution in [0, 0.1) is 5.82 Å². The average molecular weight is 167 g/mol. The topological polar surface area (TPSA) is 46.3 Å². The van der Waals surface area contributed by atoms with Gasteiger partial charge in [-0.05, 0) is 18.2 Å². The number of hydrogen-bond donors (Lipinski definition) is 1. The third-order valence-electron chi connectivity index (χ3n) is 1.66. The zero-order valence-corrected chi connectivity index (χ0v) is 6.12. The van der Waals surface area contributed by atoms with Gasteiger partial charge in [0, 0.05) is 0 Å². The summed E-state index contributed by atoms with van der Waals surface area (Å²) in [5.41, 5.74) is 0.852. The highest BCUT2D eigenvalue weighted by Crippen LogP contribution is 2.18. The van der Waals surface area contributed by atoms with Gasteiger partial charge in [-0.25, -0.2) is 4.39 Å². The lowest BCUT2D eigenvalue weighted by molar-refractivity contribution is 0.269. The van der Waals surface area contributed by atoms with Crippen LogP contribution in [0.5, 0.6) is 0 Å². The minimum Gasteiger partial charge on any atom is -0.390 e. The zero-order chi connectivity index (χ0) is 8.55. The number of aromatic nitrogens is 1. The van der Waals surface area contributed by atoms with Crippen LogP contribution >= 0.6 is 0 Å². The number of rotatable bonds is 1. The van der Waals surface area contributed by atoms with Gasteiger partial charge >= 0.3 is 0 Å². The first-order valence-corrected chi connectivity index (χ1v) is 3.46. The summed E-state index contributed by atoms with van der Waals surface area (Å²) < 4.78 is 17.5. The Labute approximate surface area is 67.4 Å². The number of nitrogens with zero attached hydrogens (tertiary/aromatic N) is 1. The van der Waals surface area contributed by atoms with Crippen LogP contribution in [0.4, 0.5) is 4.39 Å². The second-order valence-electron chi connectivity index (χ2n) is 2.43. The van der Waals surface area contributed by atoms with E-state index in [0.717, 1.165) is 0 Å². The highest BCUT2D eigenvalue weighted by Gasteiger charge is 2.06. The van der Waals surface area contributed by atoms with Crippen LogP contribution in [0.15, 0.2) is 22.7 Å². The number of halogens is 1. The molecule has 1 heterocycles. The molecule has 12 heavy (non-hydrogen) atoms. The average Bonchev–Trinajstić information content (AvgIpc) is 2.46. The summed E-state index contributed by atoms with van der Waals surface area (Å²) >= 11 is 0. The molecule has 4 heteroatoms. The molecule has 0 aliphatic heterocycles. The van der Waals surface area contributed by atoms with Crippen molar-refractivity contribution in [3.8, 4) is 0 Å². The number of hydrogen-bond acceptors (Lipinski definition) is 3. The van der Waals surface area contributed by atoms with E-state index in [9.17, 15) is 4.39 Å². The SMILES string of the molecule is OCc1noc2ccc(F)cc12. The minimum absolute atomic E-state index is 0.240. The van der Waals surface area contributed by atoms with Crippen LogP contribution in [-0.2, 0) is 6.61 Å². The molecule has 0 atom stereocenters. The zero-order valence-electron chi connectivity index (χ0n) is 6.12. The molecular formula is C8H6FNO2. The van der Waals surface area contributed by atoms with E-state index in [1.165, 1.54) is 18.2 Å². The van der Waals surface area contributed by atoms with E-state index in [1.807, 2.05) is 0 Å². The molecule has 1 aromatic heterocycles. The standard InChI is InChI=1S/C8H6FNO2/c9-5-1-2-8-6(3-5)7(4-11)10-12-8/h1-3,11H,4H2. The molecule has 2 rings (SSSR count). The van der Waals surface area contributed by atoms with E-state index < -0.39 is 0 Å². The minimum atomic E-state index is -0.361. The third-order valence-corrected chi connectivity index (χ3v) is 1.66. The normalized spacial score (nSPS) is 10.8. The summed E-state index contributed by atoms with van der Waals surface area (Å²) in [6.07, 6.45) is 0. The first-order chi connectivity index (χ1) is 5.81. The Morgan fingerprint density at radius 2 is 2.33 bits per heavy atom. The van der Waals surface area contributed by atoms with Crippen LogP contribution in [0.2, 0.25) is 0 Å². The number of aliphatic hydroxyl groups is 1. The molecule has 0 amide bonds. The van der Waals surface area contributed by atoms with Gasteiger partial charge in [-0.15, -0.1) is 0 Å². The van der Waals surface area contributed by atoms with Gasteiger partial charge < -0.3 is 9.63 Å². The number of benzene rings is 1. The lowest BCUT2D eigenvalue weighted by atomic mass is 10.2. The Morgan fingerprint density at radius 3 is 3.08 bits per heavy atom. The summed E-state index contributed by atoms with van der Waals surface area (Å²) in [6, 6.07) is 4.06. The molecule has 1 aromatic carbocycles. The Bertz CT molecular complexity index is 410. The van der Waals surface area contributed by atoms with E-state index in [-0.39, 0.29) is 12.4 Å². The van der Waals surface area contributed by atoms with Gasteiger partial charge in [-0.3, -0.25) is 0 Å². The fourth-order valence-corrected chi connectivity index (χ4v) is 1.07. The summed E-state index contributed by atoms with van der Waals surface area (Å²) in [4.78, 5) is 0. The fraction of sp³-hybridized carbons (Fsp3) is 0.125. The molecule has 2 aromatic rings. The first-order valence-electron chi connectivity index (χ1n) is 3.46. The largest absolute Gasteiger partial charge is 0.390 e.